The van der Waals surface area contributed by atoms with Crippen molar-refractivity contribution < 1.29 is 14.3 Å². The van der Waals surface area contributed by atoms with Crippen LogP contribution in [0.4, 0.5) is 9.59 Å². The van der Waals surface area contributed by atoms with Gasteiger partial charge in [0.15, 0.2) is 0 Å². The van der Waals surface area contributed by atoms with Gasteiger partial charge >= 0.3 is 12.1 Å². The summed E-state index contributed by atoms with van der Waals surface area (Å²) in [4.78, 5) is 24.9. The van der Waals surface area contributed by atoms with Crippen molar-refractivity contribution in [1.29, 1.82) is 0 Å². The largest absolute Gasteiger partial charge is 0.442 e. The number of rotatable bonds is 4. The summed E-state index contributed by atoms with van der Waals surface area (Å²) in [6.07, 6.45) is 3.96. The molecule has 1 saturated heterocycles. The number of carbonyl (C=O) groups is 2. The summed E-state index contributed by atoms with van der Waals surface area (Å²) < 4.78 is 5.20. The van der Waals surface area contributed by atoms with Crippen molar-refractivity contribution in [3.8, 4) is 0 Å². The molecular weight excluding hydrogens is 246 g/mol. The second-order valence-corrected chi connectivity index (χ2v) is 5.59. The second-order valence-electron chi connectivity index (χ2n) is 5.59. The maximum atomic E-state index is 11.7. The number of nitrogens with one attached hydrogen (secondary N) is 2. The molecule has 19 heavy (non-hydrogen) atoms. The van der Waals surface area contributed by atoms with Gasteiger partial charge in [-0.3, -0.25) is 0 Å². The van der Waals surface area contributed by atoms with Gasteiger partial charge in [0, 0.05) is 12.1 Å². The third kappa shape index (κ3) is 3.75. The molecule has 2 aliphatic rings. The molecule has 0 aromatic carbocycles. The number of cyclic esters (lactones) is 1. The second kappa shape index (κ2) is 6.12. The number of urea groups is 1. The normalized spacial score (nSPS) is 23.8. The van der Waals surface area contributed by atoms with Gasteiger partial charge in [0.2, 0.25) is 0 Å². The van der Waals surface area contributed by atoms with Crippen molar-refractivity contribution >= 4 is 12.1 Å². The Morgan fingerprint density at radius 1 is 1.42 bits per heavy atom. The van der Waals surface area contributed by atoms with Gasteiger partial charge in [-0.25, -0.2) is 9.59 Å². The highest BCUT2D eigenvalue weighted by Gasteiger charge is 2.32. The van der Waals surface area contributed by atoms with Crippen molar-refractivity contribution in [1.82, 2.24) is 15.5 Å². The first-order valence-corrected chi connectivity index (χ1v) is 7.08. The van der Waals surface area contributed by atoms with E-state index in [2.05, 4.69) is 10.6 Å². The lowest BCUT2D eigenvalue weighted by atomic mass is 10.2. The molecule has 108 valence electrons. The van der Waals surface area contributed by atoms with Crippen LogP contribution in [-0.2, 0) is 4.74 Å². The van der Waals surface area contributed by atoms with Crippen LogP contribution in [0.3, 0.4) is 0 Å². The molecule has 2 fully saturated rings. The molecule has 0 aromatic rings. The van der Waals surface area contributed by atoms with E-state index in [4.69, 9.17) is 4.74 Å². The van der Waals surface area contributed by atoms with Gasteiger partial charge in [0.25, 0.3) is 0 Å². The number of hydrogen-bond acceptors (Lipinski definition) is 3. The lowest BCUT2D eigenvalue weighted by Gasteiger charge is -2.17. The third-order valence-electron chi connectivity index (χ3n) is 3.71. The van der Waals surface area contributed by atoms with E-state index in [1.54, 1.807) is 4.90 Å². The van der Waals surface area contributed by atoms with E-state index in [1.165, 1.54) is 12.8 Å². The topological polar surface area (TPSA) is 70.7 Å². The van der Waals surface area contributed by atoms with Crippen LogP contribution in [0.1, 0.15) is 39.5 Å². The van der Waals surface area contributed by atoms with Crippen molar-refractivity contribution in [2.24, 2.45) is 0 Å². The van der Waals surface area contributed by atoms with Crippen LogP contribution >= 0.6 is 0 Å². The van der Waals surface area contributed by atoms with Crippen molar-refractivity contribution in [3.05, 3.63) is 0 Å². The minimum atomic E-state index is -0.294. The van der Waals surface area contributed by atoms with Gasteiger partial charge in [-0.15, -0.1) is 0 Å². The first-order valence-electron chi connectivity index (χ1n) is 7.08. The Hall–Kier alpha value is -1.46. The van der Waals surface area contributed by atoms with Crippen molar-refractivity contribution in [3.63, 3.8) is 0 Å². The Morgan fingerprint density at radius 3 is 2.68 bits per heavy atom. The maximum Gasteiger partial charge on any atom is 0.410 e. The van der Waals surface area contributed by atoms with E-state index >= 15 is 0 Å². The van der Waals surface area contributed by atoms with E-state index in [0.29, 0.717) is 19.1 Å². The average molecular weight is 269 g/mol. The molecule has 1 heterocycles. The molecular formula is C13H23N3O3. The SMILES string of the molecule is CC(C)N1CC(CNC(=O)NC2CCCC2)OC1=O. The van der Waals surface area contributed by atoms with Gasteiger partial charge in [0.05, 0.1) is 13.1 Å². The summed E-state index contributed by atoms with van der Waals surface area (Å²) in [7, 11) is 0. The molecule has 0 spiro atoms. The fourth-order valence-corrected chi connectivity index (χ4v) is 2.58. The molecule has 1 aliphatic heterocycles. The number of amides is 3. The number of hydrogen-bond donors (Lipinski definition) is 2. The van der Waals surface area contributed by atoms with Crippen LogP contribution in [0.2, 0.25) is 0 Å². The number of carbonyl (C=O) groups excluding carboxylic acids is 2. The third-order valence-corrected chi connectivity index (χ3v) is 3.71. The Kier molecular flexibility index (Phi) is 4.50. The molecule has 6 heteroatoms. The molecule has 3 amide bonds. The lowest BCUT2D eigenvalue weighted by molar-refractivity contribution is 0.129. The van der Waals surface area contributed by atoms with Gasteiger partial charge in [-0.2, -0.15) is 0 Å². The van der Waals surface area contributed by atoms with E-state index in [0.717, 1.165) is 12.8 Å². The summed E-state index contributed by atoms with van der Waals surface area (Å²) in [6.45, 7) is 4.81. The Bertz CT molecular complexity index is 340. The number of ether oxygens (including phenoxy) is 1. The van der Waals surface area contributed by atoms with Crippen LogP contribution in [0.15, 0.2) is 0 Å². The molecule has 1 aliphatic carbocycles. The molecule has 6 nitrogen and oxygen atoms in total. The van der Waals surface area contributed by atoms with Gasteiger partial charge < -0.3 is 20.3 Å². The van der Waals surface area contributed by atoms with Gasteiger partial charge in [-0.1, -0.05) is 12.8 Å². The molecule has 1 saturated carbocycles. The van der Waals surface area contributed by atoms with Crippen LogP contribution in [0.25, 0.3) is 0 Å². The highest BCUT2D eigenvalue weighted by molar-refractivity contribution is 5.74. The van der Waals surface area contributed by atoms with Crippen LogP contribution in [-0.4, -0.2) is 48.3 Å². The zero-order valence-corrected chi connectivity index (χ0v) is 11.6. The fourth-order valence-electron chi connectivity index (χ4n) is 2.58. The molecule has 2 rings (SSSR count). The zero-order valence-electron chi connectivity index (χ0n) is 11.6. The monoisotopic (exact) mass is 269 g/mol. The Morgan fingerprint density at radius 2 is 2.11 bits per heavy atom. The molecule has 2 N–H and O–H groups in total. The number of nitrogens with zero attached hydrogens (tertiary/aromatic N) is 1. The Balaban J connectivity index is 1.68. The predicted octanol–water partition coefficient (Wildman–Crippen LogP) is 1.46. The summed E-state index contributed by atoms with van der Waals surface area (Å²) in [5, 5.41) is 5.72. The first kappa shape index (κ1) is 14.0. The summed E-state index contributed by atoms with van der Waals surface area (Å²) in [5.41, 5.74) is 0. The molecule has 1 unspecified atom stereocenters. The van der Waals surface area contributed by atoms with E-state index < -0.39 is 0 Å². The maximum absolute atomic E-state index is 11.7. The first-order chi connectivity index (χ1) is 9.06. The molecule has 1 atom stereocenters. The van der Waals surface area contributed by atoms with Gasteiger partial charge in [-0.05, 0) is 26.7 Å². The van der Waals surface area contributed by atoms with E-state index in [1.807, 2.05) is 13.8 Å². The highest BCUT2D eigenvalue weighted by atomic mass is 16.6. The molecule has 0 aromatic heterocycles. The summed E-state index contributed by atoms with van der Waals surface area (Å²) in [5.74, 6) is 0. The predicted molar refractivity (Wildman–Crippen MR) is 70.9 cm³/mol. The standard InChI is InChI=1S/C13H23N3O3/c1-9(2)16-8-11(19-13(16)18)7-14-12(17)15-10-5-3-4-6-10/h9-11H,3-8H2,1-2H3,(H2,14,15,17). The fraction of sp³-hybridized carbons (Fsp3) is 0.846. The minimum Gasteiger partial charge on any atom is -0.442 e. The summed E-state index contributed by atoms with van der Waals surface area (Å²) >= 11 is 0. The smallest absolute Gasteiger partial charge is 0.410 e. The van der Waals surface area contributed by atoms with E-state index in [9.17, 15) is 9.59 Å². The van der Waals surface area contributed by atoms with Crippen molar-refractivity contribution in [2.45, 2.75) is 57.7 Å². The average Bonchev–Trinajstić information content (AvgIpc) is 2.96. The van der Waals surface area contributed by atoms with Crippen LogP contribution in [0, 0.1) is 0 Å². The quantitative estimate of drug-likeness (QED) is 0.811. The minimum absolute atomic E-state index is 0.129. The highest BCUT2D eigenvalue weighted by Crippen LogP contribution is 2.17. The van der Waals surface area contributed by atoms with Gasteiger partial charge in [0.1, 0.15) is 6.10 Å². The lowest BCUT2D eigenvalue weighted by Crippen LogP contribution is -2.44. The van der Waals surface area contributed by atoms with Crippen LogP contribution < -0.4 is 10.6 Å². The molecule has 0 radical (unpaired) electrons. The van der Waals surface area contributed by atoms with Crippen LogP contribution in [0.5, 0.6) is 0 Å². The Labute approximate surface area is 113 Å². The van der Waals surface area contributed by atoms with Crippen molar-refractivity contribution in [2.75, 3.05) is 13.1 Å². The molecule has 0 bridgehead atoms. The van der Waals surface area contributed by atoms with E-state index in [-0.39, 0.29) is 24.3 Å². The zero-order chi connectivity index (χ0) is 13.8. The summed E-state index contributed by atoms with van der Waals surface area (Å²) in [6, 6.07) is 0.272.